The highest BCUT2D eigenvalue weighted by Crippen LogP contribution is 2.46. The van der Waals surface area contributed by atoms with Gasteiger partial charge in [0.1, 0.15) is 0 Å². The number of nitrogens with one attached hydrogen (secondary N) is 2. The predicted octanol–water partition coefficient (Wildman–Crippen LogP) is -4.16. The molecule has 0 unspecified atom stereocenters. The van der Waals surface area contributed by atoms with Crippen LogP contribution < -0.4 is 32.9 Å². The van der Waals surface area contributed by atoms with Crippen molar-refractivity contribution in [1.82, 2.24) is 0 Å². The van der Waals surface area contributed by atoms with Crippen molar-refractivity contribution in [3.05, 3.63) is 47.5 Å². The predicted molar refractivity (Wildman–Crippen MR) is 101 cm³/mol. The third-order valence-electron chi connectivity index (χ3n) is 4.98. The van der Waals surface area contributed by atoms with Gasteiger partial charge in [0, 0.05) is 0 Å². The molecule has 3 rings (SSSR count). The van der Waals surface area contributed by atoms with Crippen molar-refractivity contribution in [2.45, 2.75) is 23.9 Å². The maximum absolute atomic E-state index is 9.89. The molecular formula is C18H24N6O4+2. The van der Waals surface area contributed by atoms with Crippen molar-refractivity contribution < 1.29 is 30.4 Å². The van der Waals surface area contributed by atoms with Crippen LogP contribution >= 0.6 is 0 Å². The number of guanidine groups is 2. The van der Waals surface area contributed by atoms with Crippen molar-refractivity contribution in [3.63, 3.8) is 0 Å². The fraction of sp³-hybridized carbons (Fsp3) is 0.222. The summed E-state index contributed by atoms with van der Waals surface area (Å²) in [6.07, 6.45) is 0. The van der Waals surface area contributed by atoms with E-state index in [0.29, 0.717) is 11.1 Å². The number of rotatable bonds is 4. The van der Waals surface area contributed by atoms with Crippen LogP contribution in [-0.2, 0) is 0 Å². The van der Waals surface area contributed by atoms with Crippen LogP contribution in [0.15, 0.2) is 36.4 Å². The fourth-order valence-corrected chi connectivity index (χ4v) is 3.82. The second-order valence-electron chi connectivity index (χ2n) is 6.80. The maximum Gasteiger partial charge on any atom is 0.339 e. The number of hydrogen-bond donors (Lipinski definition) is 10. The summed E-state index contributed by atoms with van der Waals surface area (Å²) in [5, 5.41) is 39.0. The molecule has 10 heteroatoms. The van der Waals surface area contributed by atoms with Crippen molar-refractivity contribution in [2.24, 2.45) is 22.9 Å². The van der Waals surface area contributed by atoms with Crippen LogP contribution in [0.2, 0.25) is 0 Å². The lowest BCUT2D eigenvalue weighted by Gasteiger charge is -2.47. The first-order valence-corrected chi connectivity index (χ1v) is 8.51. The zero-order chi connectivity index (χ0) is 20.6. The Hall–Kier alpha value is -3.82. The molecule has 14 N–H and O–H groups in total. The Morgan fingerprint density at radius 1 is 0.607 bits per heavy atom. The minimum atomic E-state index is -0.352. The fourth-order valence-electron chi connectivity index (χ4n) is 3.82. The topological polar surface area (TPSA) is 213 Å². The molecule has 0 amide bonds. The van der Waals surface area contributed by atoms with Crippen LogP contribution in [0.25, 0.3) is 0 Å². The lowest BCUT2D eigenvalue weighted by atomic mass is 9.60. The SMILES string of the molecule is NC(N)=[NH+]C1C(c2ccc(O)c(O)c2)C([NH+]=C(N)N)C1c1ccc(O)c(O)c1. The highest BCUT2D eigenvalue weighted by molar-refractivity contribution is 5.70. The summed E-state index contributed by atoms with van der Waals surface area (Å²) in [4.78, 5) is 6.00. The van der Waals surface area contributed by atoms with Crippen molar-refractivity contribution in [1.29, 1.82) is 0 Å². The summed E-state index contributed by atoms with van der Waals surface area (Å²) >= 11 is 0. The molecular weight excluding hydrogens is 364 g/mol. The van der Waals surface area contributed by atoms with E-state index in [0.717, 1.165) is 0 Å². The molecule has 0 radical (unpaired) electrons. The number of nitrogens with two attached hydrogens (primary N) is 4. The van der Waals surface area contributed by atoms with E-state index in [2.05, 4.69) is 9.98 Å². The molecule has 1 fully saturated rings. The van der Waals surface area contributed by atoms with Gasteiger partial charge in [0.05, 0.1) is 23.9 Å². The van der Waals surface area contributed by atoms with Gasteiger partial charge < -0.3 is 20.4 Å². The summed E-state index contributed by atoms with van der Waals surface area (Å²) < 4.78 is 0. The van der Waals surface area contributed by atoms with Crippen LogP contribution in [0, 0.1) is 0 Å². The van der Waals surface area contributed by atoms with Crippen molar-refractivity contribution in [3.8, 4) is 23.0 Å². The van der Waals surface area contributed by atoms with E-state index in [1.807, 2.05) is 0 Å². The third kappa shape index (κ3) is 3.39. The van der Waals surface area contributed by atoms with Crippen LogP contribution in [0.1, 0.15) is 23.0 Å². The van der Waals surface area contributed by atoms with E-state index in [4.69, 9.17) is 22.9 Å². The van der Waals surface area contributed by atoms with E-state index >= 15 is 0 Å². The monoisotopic (exact) mass is 388 g/mol. The normalized spacial score (nSPS) is 23.4. The minimum absolute atomic E-state index is 0.00542. The first kappa shape index (κ1) is 19.0. The van der Waals surface area contributed by atoms with E-state index < -0.39 is 0 Å². The number of phenolic OH excluding ortho intramolecular Hbond substituents is 4. The molecule has 2 aromatic rings. The highest BCUT2D eigenvalue weighted by atomic mass is 16.3. The minimum Gasteiger partial charge on any atom is -0.504 e. The van der Waals surface area contributed by atoms with Crippen LogP contribution in [0.5, 0.6) is 23.0 Å². The third-order valence-corrected chi connectivity index (χ3v) is 4.98. The molecule has 2 aromatic carbocycles. The summed E-state index contributed by atoms with van der Waals surface area (Å²) in [7, 11) is 0. The van der Waals surface area contributed by atoms with Crippen LogP contribution in [-0.4, -0.2) is 44.4 Å². The molecule has 148 valence electrons. The molecule has 1 aliphatic carbocycles. The molecule has 0 spiro atoms. The second kappa shape index (κ2) is 7.06. The number of phenols is 4. The average Bonchev–Trinajstić information content (AvgIpc) is 2.60. The molecule has 0 heterocycles. The molecule has 0 bridgehead atoms. The van der Waals surface area contributed by atoms with Crippen LogP contribution in [0.4, 0.5) is 0 Å². The Bertz CT molecular complexity index is 868. The second-order valence-corrected chi connectivity index (χ2v) is 6.80. The van der Waals surface area contributed by atoms with Gasteiger partial charge >= 0.3 is 11.9 Å². The van der Waals surface area contributed by atoms with Gasteiger partial charge in [-0.05, 0) is 35.4 Å². The van der Waals surface area contributed by atoms with Gasteiger partial charge in [0.25, 0.3) is 0 Å². The van der Waals surface area contributed by atoms with E-state index in [9.17, 15) is 20.4 Å². The first-order chi connectivity index (χ1) is 13.2. The number of hydrogen-bond acceptors (Lipinski definition) is 4. The molecule has 28 heavy (non-hydrogen) atoms. The van der Waals surface area contributed by atoms with E-state index in [1.165, 1.54) is 24.3 Å². The van der Waals surface area contributed by atoms with Gasteiger partial charge in [-0.1, -0.05) is 12.1 Å². The standard InChI is InChI=1S/C18H22N6O4/c19-17(20)23-15-13(7-1-3-9(25)11(27)5-7)16(24-18(21)22)14(15)8-2-4-10(26)12(28)6-8/h1-6,13-16,25-28H,(H4,19,20,23)(H4,21,22,24)/p+2. The summed E-state index contributed by atoms with van der Waals surface area (Å²) in [5.74, 6) is -1.62. The molecule has 10 nitrogen and oxygen atoms in total. The van der Waals surface area contributed by atoms with E-state index in [1.54, 1.807) is 12.1 Å². The molecule has 0 aliphatic heterocycles. The van der Waals surface area contributed by atoms with Gasteiger partial charge in [-0.2, -0.15) is 0 Å². The quantitative estimate of drug-likeness (QED) is 0.141. The van der Waals surface area contributed by atoms with Gasteiger partial charge in [-0.3, -0.25) is 32.9 Å². The van der Waals surface area contributed by atoms with Gasteiger partial charge in [0.15, 0.2) is 23.0 Å². The van der Waals surface area contributed by atoms with Crippen LogP contribution in [0.3, 0.4) is 0 Å². The zero-order valence-corrected chi connectivity index (χ0v) is 14.9. The lowest BCUT2D eigenvalue weighted by molar-refractivity contribution is -0.607. The van der Waals surface area contributed by atoms with Gasteiger partial charge in [0.2, 0.25) is 0 Å². The van der Waals surface area contributed by atoms with Gasteiger partial charge in [-0.15, -0.1) is 0 Å². The summed E-state index contributed by atoms with van der Waals surface area (Å²) in [6, 6.07) is 8.25. The first-order valence-electron chi connectivity index (χ1n) is 8.51. The molecule has 0 saturated heterocycles. The Balaban J connectivity index is 2.11. The Morgan fingerprint density at radius 3 is 1.25 bits per heavy atom. The lowest BCUT2D eigenvalue weighted by Crippen LogP contribution is -2.99. The average molecular weight is 388 g/mol. The highest BCUT2D eigenvalue weighted by Gasteiger charge is 2.54. The summed E-state index contributed by atoms with van der Waals surface area (Å²) in [5.41, 5.74) is 24.0. The number of benzene rings is 2. The smallest absolute Gasteiger partial charge is 0.339 e. The molecule has 0 atom stereocenters. The van der Waals surface area contributed by atoms with Gasteiger partial charge in [-0.25, -0.2) is 0 Å². The molecule has 1 aliphatic rings. The Kier molecular flexibility index (Phi) is 4.78. The zero-order valence-electron chi connectivity index (χ0n) is 14.9. The maximum atomic E-state index is 9.89. The Labute approximate surface area is 160 Å². The molecule has 0 aromatic heterocycles. The van der Waals surface area contributed by atoms with Crippen molar-refractivity contribution in [2.75, 3.05) is 0 Å². The summed E-state index contributed by atoms with van der Waals surface area (Å²) in [6.45, 7) is 0. The van der Waals surface area contributed by atoms with E-state index in [-0.39, 0.29) is 58.8 Å². The largest absolute Gasteiger partial charge is 0.504 e. The van der Waals surface area contributed by atoms with Crippen molar-refractivity contribution >= 4 is 11.9 Å². The Morgan fingerprint density at radius 2 is 0.964 bits per heavy atom. The number of aromatic hydroxyl groups is 4. The molecule has 1 saturated carbocycles.